The molecular weight excluding hydrogens is 985 g/mol. The van der Waals surface area contributed by atoms with Crippen molar-refractivity contribution in [3.05, 3.63) is 134 Å². The van der Waals surface area contributed by atoms with Crippen molar-refractivity contribution in [2.75, 3.05) is 13.2 Å². The molecule has 454 valence electrons. The van der Waals surface area contributed by atoms with E-state index in [9.17, 15) is 14.4 Å². The standard InChI is InChI=1S/C74H122O6/c1-4-7-10-13-16-19-22-25-28-31-33-34-35-36-37-38-39-40-42-43-46-49-52-55-58-61-64-67-73(76)79-70-71(69-78-72(75)66-63-60-57-54-51-48-45-30-27-24-21-18-15-12-9-6-3)80-74(77)68-65-62-59-56-53-50-47-44-41-32-29-26-23-20-17-14-11-8-5-2/h7-8,10-11,16-17,19-20,25-26,28-30,33-34,36-37,39-41,44-45,71H,4-6,9,12-15,18,21-24,27,31-32,35,38,42-43,46-70H2,1-3H3/b10-7-,11-8-,19-16-,20-17-,28-25-,29-26-,34-33-,37-36-,40-39-,44-41-,45-30-. The molecule has 0 fully saturated rings. The predicted molar refractivity (Wildman–Crippen MR) is 348 cm³/mol. The van der Waals surface area contributed by atoms with Crippen LogP contribution in [0.3, 0.4) is 0 Å². The average molecular weight is 1110 g/mol. The van der Waals surface area contributed by atoms with Crippen LogP contribution in [0.2, 0.25) is 0 Å². The Balaban J connectivity index is 4.41. The van der Waals surface area contributed by atoms with Crippen LogP contribution in [0.5, 0.6) is 0 Å². The van der Waals surface area contributed by atoms with Crippen LogP contribution in [-0.2, 0) is 28.6 Å². The average Bonchev–Trinajstić information content (AvgIpc) is 3.46. The van der Waals surface area contributed by atoms with Gasteiger partial charge in [-0.25, -0.2) is 0 Å². The van der Waals surface area contributed by atoms with E-state index in [1.165, 1.54) is 109 Å². The molecule has 0 heterocycles. The zero-order chi connectivity index (χ0) is 57.8. The summed E-state index contributed by atoms with van der Waals surface area (Å²) in [5, 5.41) is 0. The second-order valence-electron chi connectivity index (χ2n) is 21.6. The predicted octanol–water partition coefficient (Wildman–Crippen LogP) is 22.9. The first-order chi connectivity index (χ1) is 39.5. The van der Waals surface area contributed by atoms with Gasteiger partial charge in [0.25, 0.3) is 0 Å². The van der Waals surface area contributed by atoms with Crippen LogP contribution in [0, 0.1) is 0 Å². The van der Waals surface area contributed by atoms with E-state index in [-0.39, 0.29) is 31.1 Å². The summed E-state index contributed by atoms with van der Waals surface area (Å²) in [6.45, 7) is 6.40. The molecule has 1 atom stereocenters. The minimum absolute atomic E-state index is 0.0935. The van der Waals surface area contributed by atoms with E-state index in [1.807, 2.05) is 0 Å². The highest BCUT2D eigenvalue weighted by atomic mass is 16.6. The van der Waals surface area contributed by atoms with Crippen LogP contribution >= 0.6 is 0 Å². The second kappa shape index (κ2) is 67.1. The normalized spacial score (nSPS) is 13.0. The van der Waals surface area contributed by atoms with E-state index >= 15 is 0 Å². The number of ether oxygens (including phenoxy) is 3. The third-order valence-electron chi connectivity index (χ3n) is 13.9. The van der Waals surface area contributed by atoms with Crippen molar-refractivity contribution in [1.82, 2.24) is 0 Å². The van der Waals surface area contributed by atoms with E-state index in [1.54, 1.807) is 0 Å². The molecule has 0 amide bonds. The van der Waals surface area contributed by atoms with Gasteiger partial charge < -0.3 is 14.2 Å². The van der Waals surface area contributed by atoms with E-state index in [4.69, 9.17) is 14.2 Å². The molecule has 0 aromatic rings. The largest absolute Gasteiger partial charge is 0.462 e. The van der Waals surface area contributed by atoms with Gasteiger partial charge in [0, 0.05) is 19.3 Å². The summed E-state index contributed by atoms with van der Waals surface area (Å²) >= 11 is 0. The highest BCUT2D eigenvalue weighted by Gasteiger charge is 2.19. The zero-order valence-electron chi connectivity index (χ0n) is 52.0. The maximum absolute atomic E-state index is 12.9. The van der Waals surface area contributed by atoms with E-state index < -0.39 is 6.10 Å². The van der Waals surface area contributed by atoms with Gasteiger partial charge in [0.1, 0.15) is 13.2 Å². The smallest absolute Gasteiger partial charge is 0.306 e. The Labute approximate surface area is 494 Å². The summed E-state index contributed by atoms with van der Waals surface area (Å²) in [7, 11) is 0. The highest BCUT2D eigenvalue weighted by molar-refractivity contribution is 5.71. The summed E-state index contributed by atoms with van der Waals surface area (Å²) in [4.78, 5) is 38.4. The summed E-state index contributed by atoms with van der Waals surface area (Å²) < 4.78 is 16.9. The molecule has 6 nitrogen and oxygen atoms in total. The molecule has 0 rings (SSSR count). The van der Waals surface area contributed by atoms with E-state index in [0.717, 1.165) is 148 Å². The number of carbonyl (C=O) groups excluding carboxylic acids is 3. The molecule has 0 spiro atoms. The van der Waals surface area contributed by atoms with Crippen molar-refractivity contribution in [3.8, 4) is 0 Å². The highest BCUT2D eigenvalue weighted by Crippen LogP contribution is 2.15. The minimum Gasteiger partial charge on any atom is -0.462 e. The SMILES string of the molecule is CC/C=C\C/C=C\C/C=C\C/C=C\C/C=C\C/C=C\CCCCCCCCCCC(=O)OCC(COC(=O)CCCCCCC/C=C\CCCCCCCCC)OC(=O)CCCCCCCC/C=C\C/C=C\C/C=C\C/C=C\CC. The number of rotatable bonds is 59. The fraction of sp³-hybridized carbons (Fsp3) is 0.662. The van der Waals surface area contributed by atoms with Crippen molar-refractivity contribution in [2.45, 2.75) is 303 Å². The quantitative estimate of drug-likeness (QED) is 0.0261. The molecule has 0 bridgehead atoms. The lowest BCUT2D eigenvalue weighted by Crippen LogP contribution is -2.30. The minimum atomic E-state index is -0.799. The van der Waals surface area contributed by atoms with Gasteiger partial charge >= 0.3 is 17.9 Å². The second-order valence-corrected chi connectivity index (χ2v) is 21.6. The van der Waals surface area contributed by atoms with E-state index in [2.05, 4.69) is 154 Å². The van der Waals surface area contributed by atoms with Crippen LogP contribution in [-0.4, -0.2) is 37.2 Å². The van der Waals surface area contributed by atoms with Crippen molar-refractivity contribution in [1.29, 1.82) is 0 Å². The van der Waals surface area contributed by atoms with Gasteiger partial charge in [0.15, 0.2) is 6.10 Å². The number of unbranched alkanes of at least 4 members (excludes halogenated alkanes) is 26. The lowest BCUT2D eigenvalue weighted by atomic mass is 10.1. The fourth-order valence-electron chi connectivity index (χ4n) is 8.96. The molecule has 80 heavy (non-hydrogen) atoms. The van der Waals surface area contributed by atoms with Crippen molar-refractivity contribution < 1.29 is 28.6 Å². The molecule has 0 aliphatic carbocycles. The number of carbonyl (C=O) groups is 3. The Morgan fingerprint density at radius 2 is 0.487 bits per heavy atom. The molecule has 0 saturated carbocycles. The van der Waals surface area contributed by atoms with Gasteiger partial charge in [-0.3, -0.25) is 14.4 Å². The lowest BCUT2D eigenvalue weighted by molar-refractivity contribution is -0.167. The molecule has 0 saturated heterocycles. The molecule has 0 N–H and O–H groups in total. The third-order valence-corrected chi connectivity index (χ3v) is 13.9. The van der Waals surface area contributed by atoms with Crippen molar-refractivity contribution in [2.24, 2.45) is 0 Å². The molecule has 0 aliphatic heterocycles. The van der Waals surface area contributed by atoms with Gasteiger partial charge in [-0.05, 0) is 135 Å². The molecule has 0 aromatic carbocycles. The van der Waals surface area contributed by atoms with E-state index in [0.29, 0.717) is 19.3 Å². The molecule has 6 heteroatoms. The van der Waals surface area contributed by atoms with Gasteiger partial charge in [-0.1, -0.05) is 276 Å². The van der Waals surface area contributed by atoms with Gasteiger partial charge in [0.2, 0.25) is 0 Å². The molecule has 0 aliphatic rings. The third kappa shape index (κ3) is 64.4. The number of hydrogen-bond donors (Lipinski definition) is 0. The number of esters is 3. The van der Waals surface area contributed by atoms with Gasteiger partial charge in [-0.15, -0.1) is 0 Å². The van der Waals surface area contributed by atoms with Gasteiger partial charge in [0.05, 0.1) is 0 Å². The maximum atomic E-state index is 12.9. The Bertz CT molecular complexity index is 1700. The Kier molecular flexibility index (Phi) is 63.3. The molecule has 1 unspecified atom stereocenters. The van der Waals surface area contributed by atoms with Crippen molar-refractivity contribution >= 4 is 17.9 Å². The Morgan fingerprint density at radius 1 is 0.263 bits per heavy atom. The van der Waals surface area contributed by atoms with Crippen LogP contribution in [0.15, 0.2) is 134 Å². The number of allylic oxidation sites excluding steroid dienone is 22. The van der Waals surface area contributed by atoms with Crippen molar-refractivity contribution in [3.63, 3.8) is 0 Å². The topological polar surface area (TPSA) is 78.9 Å². The molecule has 0 aromatic heterocycles. The Hall–Kier alpha value is -4.45. The van der Waals surface area contributed by atoms with Crippen LogP contribution in [0.1, 0.15) is 297 Å². The molecular formula is C74H122O6. The Morgan fingerprint density at radius 3 is 0.775 bits per heavy atom. The zero-order valence-corrected chi connectivity index (χ0v) is 52.0. The first-order valence-corrected chi connectivity index (χ1v) is 33.2. The fourth-order valence-corrected chi connectivity index (χ4v) is 8.96. The van der Waals surface area contributed by atoms with Crippen LogP contribution in [0.4, 0.5) is 0 Å². The maximum Gasteiger partial charge on any atom is 0.306 e. The summed E-state index contributed by atoms with van der Waals surface area (Å²) in [6.07, 6.45) is 94.5. The van der Waals surface area contributed by atoms with Crippen LogP contribution in [0.25, 0.3) is 0 Å². The number of hydrogen-bond acceptors (Lipinski definition) is 6. The van der Waals surface area contributed by atoms with Gasteiger partial charge in [-0.2, -0.15) is 0 Å². The lowest BCUT2D eigenvalue weighted by Gasteiger charge is -2.18. The summed E-state index contributed by atoms with van der Waals surface area (Å²) in [5.41, 5.74) is 0. The summed E-state index contributed by atoms with van der Waals surface area (Å²) in [6, 6.07) is 0. The van der Waals surface area contributed by atoms with Crippen LogP contribution < -0.4 is 0 Å². The first kappa shape index (κ1) is 75.5. The monoisotopic (exact) mass is 1110 g/mol. The molecule has 0 radical (unpaired) electrons. The summed E-state index contributed by atoms with van der Waals surface area (Å²) in [5.74, 6) is -0.919. The first-order valence-electron chi connectivity index (χ1n) is 33.2.